The van der Waals surface area contributed by atoms with E-state index in [4.69, 9.17) is 27.9 Å². The smallest absolute Gasteiger partial charge is 0.341 e. The van der Waals surface area contributed by atoms with Crippen LogP contribution in [0.1, 0.15) is 22.8 Å². The summed E-state index contributed by atoms with van der Waals surface area (Å²) in [5.41, 5.74) is 0.615. The number of esters is 1. The fourth-order valence-electron chi connectivity index (χ4n) is 3.10. The van der Waals surface area contributed by atoms with Crippen molar-refractivity contribution in [3.05, 3.63) is 75.5 Å². The van der Waals surface area contributed by atoms with E-state index in [1.807, 2.05) is 0 Å². The van der Waals surface area contributed by atoms with Gasteiger partial charge in [0.15, 0.2) is 11.6 Å². The third-order valence-corrected chi connectivity index (χ3v) is 5.09. The number of ether oxygens (including phenoxy) is 1. The molecule has 4 rings (SSSR count). The largest absolute Gasteiger partial charge is 0.462 e. The van der Waals surface area contributed by atoms with E-state index < -0.39 is 17.6 Å². The van der Waals surface area contributed by atoms with Gasteiger partial charge in [0, 0.05) is 18.0 Å². The number of halogens is 4. The normalized spacial score (nSPS) is 11.1. The van der Waals surface area contributed by atoms with Gasteiger partial charge in [-0.15, -0.1) is 0 Å². The number of benzene rings is 2. The third-order valence-electron chi connectivity index (χ3n) is 4.52. The molecule has 4 aromatic rings. The zero-order valence-corrected chi connectivity index (χ0v) is 17.6. The summed E-state index contributed by atoms with van der Waals surface area (Å²) in [6.45, 7) is 1.82. The van der Waals surface area contributed by atoms with Crippen LogP contribution in [0.5, 0.6) is 0 Å². The van der Waals surface area contributed by atoms with E-state index >= 15 is 0 Å². The molecule has 0 amide bonds. The third kappa shape index (κ3) is 3.96. The summed E-state index contributed by atoms with van der Waals surface area (Å²) < 4.78 is 35.3. The number of rotatable bonds is 5. The van der Waals surface area contributed by atoms with Crippen molar-refractivity contribution in [2.75, 3.05) is 6.61 Å². The Kier molecular flexibility index (Phi) is 5.84. The maximum absolute atomic E-state index is 15.0. The Morgan fingerprint density at radius 3 is 2.52 bits per heavy atom. The molecule has 0 aliphatic heterocycles. The first-order valence-electron chi connectivity index (χ1n) is 9.17. The summed E-state index contributed by atoms with van der Waals surface area (Å²) in [5, 5.41) is 4.56. The molecule has 2 aromatic heterocycles. The molecule has 0 N–H and O–H groups in total. The lowest BCUT2D eigenvalue weighted by molar-refractivity contribution is 0.0525. The van der Waals surface area contributed by atoms with Gasteiger partial charge in [-0.05, 0) is 19.1 Å². The van der Waals surface area contributed by atoms with Crippen LogP contribution in [0.3, 0.4) is 0 Å². The molecule has 0 aliphatic carbocycles. The molecule has 0 unspecified atom stereocenters. The molecule has 2 heterocycles. The van der Waals surface area contributed by atoms with Crippen molar-refractivity contribution in [3.63, 3.8) is 0 Å². The summed E-state index contributed by atoms with van der Waals surface area (Å²) >= 11 is 12.3. The van der Waals surface area contributed by atoms with E-state index in [-0.39, 0.29) is 51.2 Å². The first kappa shape index (κ1) is 21.1. The lowest BCUT2D eigenvalue weighted by Gasteiger charge is -2.07. The van der Waals surface area contributed by atoms with E-state index in [0.29, 0.717) is 5.56 Å². The van der Waals surface area contributed by atoms with Gasteiger partial charge in [0.25, 0.3) is 0 Å². The van der Waals surface area contributed by atoms with Gasteiger partial charge in [-0.25, -0.2) is 23.5 Å². The summed E-state index contributed by atoms with van der Waals surface area (Å²) in [7, 11) is 0. The fraction of sp³-hybridized carbons (Fsp3) is 0.143. The molecular formula is C21H14Cl2F2N4O2. The fourth-order valence-corrected chi connectivity index (χ4v) is 3.64. The van der Waals surface area contributed by atoms with Crippen LogP contribution in [-0.4, -0.2) is 32.3 Å². The Balaban J connectivity index is 1.87. The molecule has 0 radical (unpaired) electrons. The van der Waals surface area contributed by atoms with Crippen molar-refractivity contribution in [1.82, 2.24) is 19.7 Å². The van der Waals surface area contributed by atoms with Crippen molar-refractivity contribution in [3.8, 4) is 11.5 Å². The Labute approximate surface area is 185 Å². The maximum atomic E-state index is 15.0. The highest BCUT2D eigenvalue weighted by atomic mass is 35.5. The van der Waals surface area contributed by atoms with Gasteiger partial charge in [0.05, 0.1) is 34.1 Å². The highest BCUT2D eigenvalue weighted by molar-refractivity contribution is 6.39. The molecule has 2 aromatic carbocycles. The van der Waals surface area contributed by atoms with Gasteiger partial charge in [0.1, 0.15) is 17.0 Å². The van der Waals surface area contributed by atoms with E-state index in [0.717, 1.165) is 0 Å². The molecule has 0 atom stereocenters. The van der Waals surface area contributed by atoms with E-state index in [2.05, 4.69) is 15.1 Å². The van der Waals surface area contributed by atoms with Crippen molar-refractivity contribution in [2.45, 2.75) is 13.5 Å². The molecule has 0 saturated heterocycles. The number of nitrogens with zero attached hydrogens (tertiary/aromatic N) is 4. The molecule has 0 fully saturated rings. The zero-order chi connectivity index (χ0) is 22.1. The number of aromatic nitrogens is 4. The Hall–Kier alpha value is -3.10. The van der Waals surface area contributed by atoms with Crippen molar-refractivity contribution in [1.29, 1.82) is 0 Å². The van der Waals surface area contributed by atoms with Crippen LogP contribution in [0, 0.1) is 11.6 Å². The maximum Gasteiger partial charge on any atom is 0.341 e. The predicted molar refractivity (Wildman–Crippen MR) is 112 cm³/mol. The average Bonchev–Trinajstić information content (AvgIpc) is 3.14. The number of hydrogen-bond acceptors (Lipinski definition) is 5. The van der Waals surface area contributed by atoms with E-state index in [1.54, 1.807) is 25.1 Å². The second-order valence-corrected chi connectivity index (χ2v) is 7.31. The van der Waals surface area contributed by atoms with Crippen molar-refractivity contribution >= 4 is 40.1 Å². The Bertz CT molecular complexity index is 1290. The Morgan fingerprint density at radius 1 is 1.13 bits per heavy atom. The van der Waals surface area contributed by atoms with Gasteiger partial charge in [-0.1, -0.05) is 41.4 Å². The summed E-state index contributed by atoms with van der Waals surface area (Å²) in [6, 6.07) is 7.34. The van der Waals surface area contributed by atoms with E-state index in [1.165, 1.54) is 29.2 Å². The molecule has 6 nitrogen and oxygen atoms in total. The minimum atomic E-state index is -0.751. The molecule has 158 valence electrons. The van der Waals surface area contributed by atoms with Gasteiger partial charge in [-0.2, -0.15) is 5.10 Å². The highest BCUT2D eigenvalue weighted by Crippen LogP contribution is 2.37. The molecule has 0 saturated carbocycles. The lowest BCUT2D eigenvalue weighted by Crippen LogP contribution is -2.06. The van der Waals surface area contributed by atoms with Crippen molar-refractivity contribution in [2.24, 2.45) is 0 Å². The van der Waals surface area contributed by atoms with Crippen LogP contribution in [0.25, 0.3) is 22.4 Å². The molecule has 31 heavy (non-hydrogen) atoms. The van der Waals surface area contributed by atoms with E-state index in [9.17, 15) is 13.6 Å². The summed E-state index contributed by atoms with van der Waals surface area (Å²) in [4.78, 5) is 20.2. The van der Waals surface area contributed by atoms with Crippen LogP contribution in [0.2, 0.25) is 10.0 Å². The molecule has 0 spiro atoms. The minimum absolute atomic E-state index is 0.00572. The van der Waals surface area contributed by atoms with Gasteiger partial charge in [-0.3, -0.25) is 4.68 Å². The highest BCUT2D eigenvalue weighted by Gasteiger charge is 2.23. The van der Waals surface area contributed by atoms with Crippen LogP contribution in [0.4, 0.5) is 8.78 Å². The molecule has 10 heteroatoms. The van der Waals surface area contributed by atoms with Crippen LogP contribution >= 0.6 is 23.2 Å². The van der Waals surface area contributed by atoms with Crippen molar-refractivity contribution < 1.29 is 18.3 Å². The molecular weight excluding hydrogens is 449 g/mol. The number of carbonyl (C=O) groups is 1. The van der Waals surface area contributed by atoms with Crippen LogP contribution in [-0.2, 0) is 11.3 Å². The second-order valence-electron chi connectivity index (χ2n) is 6.49. The molecule has 0 aliphatic rings. The second kappa shape index (κ2) is 8.56. The first-order valence-corrected chi connectivity index (χ1v) is 9.93. The summed E-state index contributed by atoms with van der Waals surface area (Å²) in [6.07, 6.45) is 2.56. The topological polar surface area (TPSA) is 69.9 Å². The molecule has 0 bridgehead atoms. The number of hydrogen-bond donors (Lipinski definition) is 0. The lowest BCUT2D eigenvalue weighted by atomic mass is 10.1. The quantitative estimate of drug-likeness (QED) is 0.297. The summed E-state index contributed by atoms with van der Waals surface area (Å²) in [5.74, 6) is -1.68. The first-order chi connectivity index (χ1) is 14.9. The predicted octanol–water partition coefficient (Wildman–Crippen LogP) is 5.30. The standard InChI is InChI=1S/C21H14Cl2F2N4O2/c1-2-31-21(30)12-8-26-20(27-9-12)18-16-13(22)7-14(23)17(25)19(16)29(28-18)10-11-5-3-4-6-15(11)24/h3-9H,2,10H2,1H3. The number of fused-ring (bicyclic) bond motifs is 1. The number of carbonyl (C=O) groups excluding carboxylic acids is 1. The van der Waals surface area contributed by atoms with Gasteiger partial charge in [0.2, 0.25) is 0 Å². The zero-order valence-electron chi connectivity index (χ0n) is 16.1. The minimum Gasteiger partial charge on any atom is -0.462 e. The van der Waals surface area contributed by atoms with Crippen LogP contribution < -0.4 is 0 Å². The Morgan fingerprint density at radius 2 is 1.84 bits per heavy atom. The average molecular weight is 463 g/mol. The van der Waals surface area contributed by atoms with Gasteiger partial charge < -0.3 is 4.74 Å². The SMILES string of the molecule is CCOC(=O)c1cnc(-c2nn(Cc3ccccc3F)c3c(F)c(Cl)cc(Cl)c23)nc1. The van der Waals surface area contributed by atoms with Gasteiger partial charge >= 0.3 is 5.97 Å². The monoisotopic (exact) mass is 462 g/mol. The van der Waals surface area contributed by atoms with Crippen LogP contribution in [0.15, 0.2) is 42.7 Å².